The highest BCUT2D eigenvalue weighted by Gasteiger charge is 2.40. The summed E-state index contributed by atoms with van der Waals surface area (Å²) in [6.07, 6.45) is -5.59. The molecular weight excluding hydrogens is 483 g/mol. The van der Waals surface area contributed by atoms with Gasteiger partial charge in [-0.25, -0.2) is 13.8 Å². The highest BCUT2D eigenvalue weighted by Crippen LogP contribution is 2.40. The number of imidazole rings is 1. The molecule has 1 aliphatic heterocycles. The van der Waals surface area contributed by atoms with Crippen LogP contribution < -0.4 is 10.1 Å². The van der Waals surface area contributed by atoms with E-state index in [9.17, 15) is 27.1 Å². The molecule has 196 valence electrons. The number of nitrogens with zero attached hydrogens (tertiary/aromatic N) is 3. The van der Waals surface area contributed by atoms with Crippen molar-refractivity contribution < 1.29 is 31.8 Å². The van der Waals surface area contributed by atoms with Gasteiger partial charge in [0, 0.05) is 36.0 Å². The van der Waals surface area contributed by atoms with Crippen molar-refractivity contribution in [1.29, 1.82) is 0 Å². The summed E-state index contributed by atoms with van der Waals surface area (Å²) in [6.45, 7) is 7.10. The largest absolute Gasteiger partial charge is 0.492 e. The Morgan fingerprint density at radius 3 is 2.53 bits per heavy atom. The quantitative estimate of drug-likeness (QED) is 0.416. The van der Waals surface area contributed by atoms with Gasteiger partial charge < -0.3 is 19.7 Å². The fourth-order valence-corrected chi connectivity index (χ4v) is 5.12. The van der Waals surface area contributed by atoms with Crippen LogP contribution in [-0.4, -0.2) is 38.3 Å². The molecule has 0 spiro atoms. The van der Waals surface area contributed by atoms with Gasteiger partial charge in [0.1, 0.15) is 23.9 Å². The van der Waals surface area contributed by atoms with Gasteiger partial charge in [-0.1, -0.05) is 6.07 Å². The molecule has 4 rings (SSSR count). The molecule has 0 aliphatic carbocycles. The van der Waals surface area contributed by atoms with Crippen molar-refractivity contribution in [3.05, 3.63) is 53.1 Å². The predicted molar refractivity (Wildman–Crippen MR) is 124 cm³/mol. The Balaban J connectivity index is 1.58. The van der Waals surface area contributed by atoms with Crippen LogP contribution in [0.3, 0.4) is 0 Å². The summed E-state index contributed by atoms with van der Waals surface area (Å²) in [6, 6.07) is 4.30. The Morgan fingerprint density at radius 1 is 1.22 bits per heavy atom. The lowest BCUT2D eigenvalue weighted by molar-refractivity contribution is -0.136. The van der Waals surface area contributed by atoms with Crippen LogP contribution in [0.2, 0.25) is 0 Å². The van der Waals surface area contributed by atoms with Crippen molar-refractivity contribution >= 4 is 11.0 Å². The number of ether oxygens (including phenoxy) is 1. The minimum atomic E-state index is -4.61. The van der Waals surface area contributed by atoms with Gasteiger partial charge >= 0.3 is 6.18 Å². The SMILES string of the molecule is Cc1nc2cc(OCC3CC(O)(c4ccc(C(F)F)nc4)CC(C)N3)cc(C(F)(F)F)c2n1C(C)C. The number of alkyl halides is 5. The number of halogens is 5. The molecule has 0 bridgehead atoms. The highest BCUT2D eigenvalue weighted by molar-refractivity contribution is 5.82. The summed E-state index contributed by atoms with van der Waals surface area (Å²) >= 11 is 0. The van der Waals surface area contributed by atoms with Crippen molar-refractivity contribution in [2.45, 2.75) is 76.9 Å². The molecule has 0 saturated carbocycles. The molecular formula is C25H29F5N4O2. The topological polar surface area (TPSA) is 72.2 Å². The van der Waals surface area contributed by atoms with Gasteiger partial charge in [0.05, 0.1) is 22.2 Å². The fourth-order valence-electron chi connectivity index (χ4n) is 5.12. The van der Waals surface area contributed by atoms with Crippen LogP contribution in [0.15, 0.2) is 30.5 Å². The number of rotatable bonds is 6. The number of hydrogen-bond acceptors (Lipinski definition) is 5. The monoisotopic (exact) mass is 512 g/mol. The lowest BCUT2D eigenvalue weighted by Crippen LogP contribution is -2.53. The van der Waals surface area contributed by atoms with Crippen molar-refractivity contribution in [3.8, 4) is 5.75 Å². The van der Waals surface area contributed by atoms with Gasteiger partial charge in [-0.2, -0.15) is 13.2 Å². The number of hydrogen-bond donors (Lipinski definition) is 2. The second-order valence-corrected chi connectivity index (χ2v) is 9.75. The van der Waals surface area contributed by atoms with E-state index in [0.29, 0.717) is 17.8 Å². The van der Waals surface area contributed by atoms with E-state index in [-0.39, 0.29) is 47.6 Å². The van der Waals surface area contributed by atoms with Crippen molar-refractivity contribution in [2.75, 3.05) is 6.61 Å². The van der Waals surface area contributed by atoms with Gasteiger partial charge in [0.15, 0.2) is 0 Å². The molecule has 2 aromatic heterocycles. The number of nitrogens with one attached hydrogen (secondary N) is 1. The summed E-state index contributed by atoms with van der Waals surface area (Å²) < 4.78 is 75.0. The summed E-state index contributed by atoms with van der Waals surface area (Å²) in [7, 11) is 0. The Labute approximate surface area is 205 Å². The maximum absolute atomic E-state index is 14.0. The van der Waals surface area contributed by atoms with E-state index < -0.39 is 29.8 Å². The molecule has 3 atom stereocenters. The predicted octanol–water partition coefficient (Wildman–Crippen LogP) is 5.68. The van der Waals surface area contributed by atoms with E-state index in [2.05, 4.69) is 15.3 Å². The number of piperidine rings is 1. The van der Waals surface area contributed by atoms with Crippen molar-refractivity contribution in [3.63, 3.8) is 0 Å². The first-order valence-electron chi connectivity index (χ1n) is 11.7. The maximum Gasteiger partial charge on any atom is 0.418 e. The number of aryl methyl sites for hydroxylation is 1. The molecule has 11 heteroatoms. The Morgan fingerprint density at radius 2 is 1.94 bits per heavy atom. The molecule has 3 aromatic rings. The molecule has 6 nitrogen and oxygen atoms in total. The van der Waals surface area contributed by atoms with E-state index in [0.717, 1.165) is 6.07 Å². The molecule has 2 N–H and O–H groups in total. The molecule has 1 aromatic carbocycles. The summed E-state index contributed by atoms with van der Waals surface area (Å²) in [5, 5.41) is 14.6. The summed E-state index contributed by atoms with van der Waals surface area (Å²) in [4.78, 5) is 8.07. The minimum absolute atomic E-state index is 0.0120. The summed E-state index contributed by atoms with van der Waals surface area (Å²) in [5.74, 6) is 0.497. The molecule has 1 saturated heterocycles. The number of benzene rings is 1. The molecule has 0 radical (unpaired) electrons. The number of aliphatic hydroxyl groups is 1. The normalized spacial score (nSPS) is 23.1. The average molecular weight is 513 g/mol. The molecule has 0 amide bonds. The van der Waals surface area contributed by atoms with Crippen molar-refractivity contribution in [2.24, 2.45) is 0 Å². The lowest BCUT2D eigenvalue weighted by Gasteiger charge is -2.41. The van der Waals surface area contributed by atoms with Gasteiger partial charge in [0.2, 0.25) is 0 Å². The van der Waals surface area contributed by atoms with E-state index in [4.69, 9.17) is 4.74 Å². The first-order valence-corrected chi connectivity index (χ1v) is 11.7. The van der Waals surface area contributed by atoms with Crippen LogP contribution in [-0.2, 0) is 11.8 Å². The summed E-state index contributed by atoms with van der Waals surface area (Å²) in [5.41, 5.74) is -1.94. The van der Waals surface area contributed by atoms with Gasteiger partial charge in [0.25, 0.3) is 6.43 Å². The molecule has 1 fully saturated rings. The maximum atomic E-state index is 14.0. The fraction of sp³-hybridized carbons (Fsp3) is 0.520. The van der Waals surface area contributed by atoms with Gasteiger partial charge in [-0.3, -0.25) is 4.98 Å². The Bertz CT molecular complexity index is 1230. The molecule has 36 heavy (non-hydrogen) atoms. The second kappa shape index (κ2) is 9.59. The third-order valence-electron chi connectivity index (χ3n) is 6.50. The Kier molecular flexibility index (Phi) is 7.00. The smallest absolute Gasteiger partial charge is 0.418 e. The zero-order valence-electron chi connectivity index (χ0n) is 20.4. The van der Waals surface area contributed by atoms with Crippen molar-refractivity contribution in [1.82, 2.24) is 19.9 Å². The number of pyridine rings is 1. The third kappa shape index (κ3) is 5.17. The van der Waals surface area contributed by atoms with Crippen LogP contribution in [0.1, 0.15) is 68.7 Å². The zero-order chi connectivity index (χ0) is 26.4. The Hall–Kier alpha value is -2.79. The molecule has 3 heterocycles. The minimum Gasteiger partial charge on any atom is -0.492 e. The van der Waals surface area contributed by atoms with Crippen LogP contribution in [0, 0.1) is 6.92 Å². The first kappa shape index (κ1) is 26.3. The van der Waals surface area contributed by atoms with E-state index >= 15 is 0 Å². The number of fused-ring (bicyclic) bond motifs is 1. The van der Waals surface area contributed by atoms with Crippen LogP contribution >= 0.6 is 0 Å². The van der Waals surface area contributed by atoms with Crippen LogP contribution in [0.5, 0.6) is 5.75 Å². The third-order valence-corrected chi connectivity index (χ3v) is 6.50. The van der Waals surface area contributed by atoms with E-state index in [1.807, 2.05) is 6.92 Å². The second-order valence-electron chi connectivity index (χ2n) is 9.75. The van der Waals surface area contributed by atoms with Gasteiger partial charge in [-0.05, 0) is 52.7 Å². The zero-order valence-corrected chi connectivity index (χ0v) is 20.4. The first-order chi connectivity index (χ1) is 16.8. The van der Waals surface area contributed by atoms with Crippen LogP contribution in [0.4, 0.5) is 22.0 Å². The standard InChI is InChI=1S/C25H29F5N4O2/c1-13(2)34-15(4)33-21-8-18(7-19(22(21)34)25(28,29)30)36-12-17-10-24(35,9-14(3)32-17)16-5-6-20(23(26)27)31-11-16/h5-8,11,13-14,17,23,32,35H,9-10,12H2,1-4H3. The number of aromatic nitrogens is 3. The van der Waals surface area contributed by atoms with E-state index in [1.54, 1.807) is 25.3 Å². The average Bonchev–Trinajstić information content (AvgIpc) is 3.11. The van der Waals surface area contributed by atoms with Gasteiger partial charge in [-0.15, -0.1) is 0 Å². The van der Waals surface area contributed by atoms with E-state index in [1.165, 1.54) is 24.4 Å². The molecule has 3 unspecified atom stereocenters. The lowest BCUT2D eigenvalue weighted by atomic mass is 9.79. The molecule has 1 aliphatic rings. The van der Waals surface area contributed by atoms with Crippen LogP contribution in [0.25, 0.3) is 11.0 Å². The highest BCUT2D eigenvalue weighted by atomic mass is 19.4.